The molecule has 8 atom stereocenters. The first-order valence-corrected chi connectivity index (χ1v) is 21.7. The highest BCUT2D eigenvalue weighted by Gasteiger charge is 2.37. The summed E-state index contributed by atoms with van der Waals surface area (Å²) in [5.74, 6) is -2.24. The molecular weight excluding hydrogens is 795 g/mol. The van der Waals surface area contributed by atoms with Gasteiger partial charge in [0.2, 0.25) is 5.91 Å². The Labute approximate surface area is 376 Å². The number of hydrogen-bond acceptors (Lipinski definition) is 12. The van der Waals surface area contributed by atoms with E-state index in [1.807, 2.05) is 92.8 Å². The van der Waals surface area contributed by atoms with Crippen molar-refractivity contribution in [3.05, 3.63) is 35.9 Å². The molecule has 0 heterocycles. The number of methoxy groups -OCH3 is 2. The van der Waals surface area contributed by atoms with Gasteiger partial charge in [-0.1, -0.05) is 106 Å². The average molecular weight is 884 g/mol. The second kappa shape index (κ2) is 31.3. The fourth-order valence-electron chi connectivity index (χ4n) is 6.38. The number of benzene rings is 1. The largest absolute Gasteiger partial charge is 0.481 e. The van der Waals surface area contributed by atoms with E-state index in [1.54, 1.807) is 40.0 Å². The zero-order valence-corrected chi connectivity index (χ0v) is 41.0. The van der Waals surface area contributed by atoms with Crippen LogP contribution >= 0.6 is 0 Å². The highest BCUT2D eigenvalue weighted by Crippen LogP contribution is 2.24. The van der Waals surface area contributed by atoms with E-state index >= 15 is 0 Å². The van der Waals surface area contributed by atoms with Crippen LogP contribution in [0.3, 0.4) is 0 Å². The second-order valence-electron chi connectivity index (χ2n) is 18.5. The van der Waals surface area contributed by atoms with E-state index < -0.39 is 41.2 Å². The normalized spacial score (nSPS) is 15.3. The third kappa shape index (κ3) is 26.1. The number of ether oxygens (including phenoxy) is 5. The Morgan fingerprint density at radius 1 is 0.726 bits per heavy atom. The predicted octanol–water partition coefficient (Wildman–Crippen LogP) is 8.07. The van der Waals surface area contributed by atoms with E-state index in [9.17, 15) is 24.0 Å². The SMILES string of the molecule is C.CC(C)[C@H](CC(=O)OCc1ccccc1)C(=O)O.CC[C@H](C)[C@@H]([C@@H](CC(=O)OC(C)(C)C)OC)N(C)C(=O)[C@@H](N)C(C)C.CC[C@H](C)[C@H](NC)[C@@H](CC(=O)OC(C)(C)C)OC. The van der Waals surface area contributed by atoms with Crippen LogP contribution < -0.4 is 11.1 Å². The topological polar surface area (TPSA) is 193 Å². The van der Waals surface area contributed by atoms with Crippen molar-refractivity contribution in [2.24, 2.45) is 35.3 Å². The molecule has 62 heavy (non-hydrogen) atoms. The summed E-state index contributed by atoms with van der Waals surface area (Å²) in [5, 5.41) is 12.2. The molecule has 0 fully saturated rings. The quantitative estimate of drug-likeness (QED) is 0.0749. The van der Waals surface area contributed by atoms with Gasteiger partial charge in [-0.15, -0.1) is 0 Å². The van der Waals surface area contributed by atoms with Gasteiger partial charge in [0, 0.05) is 27.3 Å². The second-order valence-corrected chi connectivity index (χ2v) is 18.5. The fraction of sp³-hybridized carbons (Fsp3) is 0.771. The molecule has 0 aliphatic heterocycles. The number of amides is 1. The lowest BCUT2D eigenvalue weighted by atomic mass is 9.90. The van der Waals surface area contributed by atoms with Gasteiger partial charge >= 0.3 is 23.9 Å². The van der Waals surface area contributed by atoms with Crippen LogP contribution in [-0.2, 0) is 54.3 Å². The summed E-state index contributed by atoms with van der Waals surface area (Å²) in [5.41, 5.74) is 5.94. The maximum absolute atomic E-state index is 12.7. The van der Waals surface area contributed by atoms with Crippen LogP contribution in [0.1, 0.15) is 142 Å². The summed E-state index contributed by atoms with van der Waals surface area (Å²) in [7, 11) is 6.84. The first kappa shape index (κ1) is 62.7. The van der Waals surface area contributed by atoms with Crippen molar-refractivity contribution in [3.8, 4) is 0 Å². The fourth-order valence-corrected chi connectivity index (χ4v) is 6.38. The Balaban J connectivity index is -0.000000852. The molecule has 0 saturated heterocycles. The molecule has 0 aromatic heterocycles. The van der Waals surface area contributed by atoms with E-state index in [2.05, 4.69) is 33.0 Å². The number of nitrogens with one attached hydrogen (secondary N) is 1. The lowest BCUT2D eigenvalue weighted by molar-refractivity contribution is -0.161. The van der Waals surface area contributed by atoms with E-state index in [1.165, 1.54) is 0 Å². The number of esters is 3. The molecule has 1 aromatic carbocycles. The zero-order chi connectivity index (χ0) is 47.8. The van der Waals surface area contributed by atoms with Gasteiger partial charge in [-0.3, -0.25) is 24.0 Å². The average Bonchev–Trinajstić information content (AvgIpc) is 3.16. The van der Waals surface area contributed by atoms with Crippen LogP contribution in [-0.4, -0.2) is 110 Å². The number of likely N-dealkylation sites (N-methyl/N-ethyl adjacent to an activating group) is 2. The molecule has 0 unspecified atom stereocenters. The molecule has 1 aromatic rings. The molecule has 0 aliphatic carbocycles. The minimum absolute atomic E-state index is 0. The van der Waals surface area contributed by atoms with Crippen molar-refractivity contribution in [2.75, 3.05) is 28.3 Å². The van der Waals surface area contributed by atoms with E-state index in [4.69, 9.17) is 34.5 Å². The van der Waals surface area contributed by atoms with Crippen LogP contribution in [0.15, 0.2) is 30.3 Å². The zero-order valence-electron chi connectivity index (χ0n) is 41.0. The molecular formula is C48H89N3O11. The molecule has 0 radical (unpaired) electrons. The third-order valence-electron chi connectivity index (χ3n) is 10.3. The number of carboxylic acid groups (broad SMARTS) is 1. The van der Waals surface area contributed by atoms with Crippen molar-refractivity contribution in [2.45, 2.75) is 185 Å². The molecule has 14 heteroatoms. The predicted molar refractivity (Wildman–Crippen MR) is 247 cm³/mol. The van der Waals surface area contributed by atoms with Crippen molar-refractivity contribution >= 4 is 29.8 Å². The summed E-state index contributed by atoms with van der Waals surface area (Å²) >= 11 is 0. The Morgan fingerprint density at radius 3 is 1.53 bits per heavy atom. The molecule has 362 valence electrons. The lowest BCUT2D eigenvalue weighted by Gasteiger charge is -2.39. The third-order valence-corrected chi connectivity index (χ3v) is 10.3. The Bertz CT molecular complexity index is 1410. The molecule has 0 saturated carbocycles. The minimum atomic E-state index is -0.957. The van der Waals surface area contributed by atoms with Crippen molar-refractivity contribution < 1.29 is 52.8 Å². The van der Waals surface area contributed by atoms with Gasteiger partial charge in [-0.25, -0.2) is 0 Å². The number of carboxylic acids is 1. The number of rotatable bonds is 22. The van der Waals surface area contributed by atoms with Gasteiger partial charge < -0.3 is 44.7 Å². The summed E-state index contributed by atoms with van der Waals surface area (Å²) < 4.78 is 26.8. The summed E-state index contributed by atoms with van der Waals surface area (Å²) in [6.45, 7) is 27.1. The maximum atomic E-state index is 12.7. The first-order chi connectivity index (χ1) is 28.1. The van der Waals surface area contributed by atoms with Crippen LogP contribution in [0.25, 0.3) is 0 Å². The van der Waals surface area contributed by atoms with Crippen LogP contribution in [0.2, 0.25) is 0 Å². The number of nitrogens with zero attached hydrogens (tertiary/aromatic N) is 1. The number of aliphatic carboxylic acids is 1. The van der Waals surface area contributed by atoms with Gasteiger partial charge in [-0.2, -0.15) is 0 Å². The molecule has 0 bridgehead atoms. The van der Waals surface area contributed by atoms with Crippen molar-refractivity contribution in [1.29, 1.82) is 0 Å². The highest BCUT2D eigenvalue weighted by atomic mass is 16.6. The smallest absolute Gasteiger partial charge is 0.309 e. The highest BCUT2D eigenvalue weighted by molar-refractivity contribution is 5.82. The van der Waals surface area contributed by atoms with Gasteiger partial charge in [0.25, 0.3) is 0 Å². The van der Waals surface area contributed by atoms with E-state index in [0.717, 1.165) is 18.4 Å². The lowest BCUT2D eigenvalue weighted by Crippen LogP contribution is -2.55. The maximum Gasteiger partial charge on any atom is 0.309 e. The molecule has 0 aliphatic rings. The standard InChI is InChI=1S/C19H38N2O4.C14H29NO3.C14H18O4.CH4/c1-10-13(4)17(21(8)18(23)16(20)12(2)3)14(24-9)11-15(22)25-19(5,6)7;1-8-10(2)13(15-6)11(17-7)9-12(16)18-14(3,4)5;1-10(2)12(14(16)17)8-13(15)18-9-11-6-4-3-5-7-11;/h12-14,16-17H,10-11,20H2,1-9H3;10-11,13,15H,8-9H2,1-7H3;3-7,10,12H,8-9H2,1-2H3,(H,16,17);1H4/t13-,14+,16-,17-;10-,11+,13-;12-;/m000./s1. The Kier molecular flexibility index (Phi) is 31.6. The summed E-state index contributed by atoms with van der Waals surface area (Å²) in [6, 6.07) is 8.64. The number of nitrogens with two attached hydrogens (primary N) is 1. The number of carbonyl (C=O) groups is 5. The summed E-state index contributed by atoms with van der Waals surface area (Å²) in [6.07, 6.45) is 1.59. The molecule has 1 amide bonds. The monoisotopic (exact) mass is 884 g/mol. The molecule has 0 spiro atoms. The molecule has 1 rings (SSSR count). The number of carbonyl (C=O) groups excluding carboxylic acids is 4. The van der Waals surface area contributed by atoms with Crippen LogP contribution in [0.4, 0.5) is 0 Å². The Hall–Kier alpha value is -3.59. The van der Waals surface area contributed by atoms with Gasteiger partial charge in [0.15, 0.2) is 0 Å². The summed E-state index contributed by atoms with van der Waals surface area (Å²) in [4.78, 5) is 60.9. The minimum Gasteiger partial charge on any atom is -0.481 e. The molecule has 14 nitrogen and oxygen atoms in total. The van der Waals surface area contributed by atoms with E-state index in [-0.39, 0.29) is 87.1 Å². The van der Waals surface area contributed by atoms with Gasteiger partial charge in [0.05, 0.1) is 49.5 Å². The van der Waals surface area contributed by atoms with Crippen molar-refractivity contribution in [3.63, 3.8) is 0 Å². The van der Waals surface area contributed by atoms with Gasteiger partial charge in [0.1, 0.15) is 17.8 Å². The first-order valence-electron chi connectivity index (χ1n) is 21.7. The van der Waals surface area contributed by atoms with Crippen LogP contribution in [0.5, 0.6) is 0 Å². The van der Waals surface area contributed by atoms with E-state index in [0.29, 0.717) is 5.92 Å². The molecule has 4 N–H and O–H groups in total. The van der Waals surface area contributed by atoms with Crippen molar-refractivity contribution in [1.82, 2.24) is 10.2 Å². The Morgan fingerprint density at radius 2 is 1.18 bits per heavy atom. The van der Waals surface area contributed by atoms with Gasteiger partial charge in [-0.05, 0) is 77.8 Å². The van der Waals surface area contributed by atoms with Crippen LogP contribution in [0, 0.1) is 29.6 Å². The number of hydrogen-bond donors (Lipinski definition) is 3.